The summed E-state index contributed by atoms with van der Waals surface area (Å²) in [6.07, 6.45) is 12.9. The molecule has 0 saturated heterocycles. The Labute approximate surface area is 263 Å². The van der Waals surface area contributed by atoms with Crippen molar-refractivity contribution in [2.45, 2.75) is 44.6 Å². The molecule has 5 aromatic rings. The number of benzene rings is 4. The lowest BCUT2D eigenvalue weighted by atomic mass is 9.90. The fraction of sp³-hybridized carbons (Fsp3) is 0.237. The molecule has 0 spiro atoms. The number of thioether (sulfide) groups is 1. The molecular weight excluding hydrogens is 563 g/mol. The third-order valence-electron chi connectivity index (χ3n) is 8.66. The van der Waals surface area contributed by atoms with Gasteiger partial charge in [0.1, 0.15) is 11.2 Å². The standard InChI is InChI=1S/C38H38N3S2/c1-5-40-34(42-32-22-18-26-12-7-9-16-30(26)37(32)40)24-20-28-14-11-15-29(36(28)39(3)4)21-25-35-41(6-2)38-31-17-10-8-13-27(31)19-23-33(38)43-35/h7-10,12-13,16-25H,5-6,11,14-15H2,1-4H3/q+1. The van der Waals surface area contributed by atoms with E-state index >= 15 is 0 Å². The van der Waals surface area contributed by atoms with Crippen LogP contribution >= 0.6 is 23.1 Å². The Morgan fingerprint density at radius 1 is 0.837 bits per heavy atom. The Kier molecular flexibility index (Phi) is 7.62. The SMILES string of the molecule is CCN1C(=CC=C2CCCC(C=Cc3sc4ccc5ccccc5c4[n+]3CC)=C2N(C)C)Sc2ccc3ccccc3c21. The number of aryl methyl sites for hydroxylation is 1. The van der Waals surface area contributed by atoms with Gasteiger partial charge in [-0.1, -0.05) is 83.8 Å². The zero-order valence-electron chi connectivity index (χ0n) is 25.4. The van der Waals surface area contributed by atoms with Crippen molar-refractivity contribution in [3.8, 4) is 0 Å². The highest BCUT2D eigenvalue weighted by Crippen LogP contribution is 2.49. The van der Waals surface area contributed by atoms with Crippen LogP contribution in [0, 0.1) is 0 Å². The summed E-state index contributed by atoms with van der Waals surface area (Å²) in [6, 6.07) is 26.6. The van der Waals surface area contributed by atoms with Crippen LogP contribution in [-0.2, 0) is 6.54 Å². The normalized spacial score (nSPS) is 17.4. The zero-order valence-corrected chi connectivity index (χ0v) is 27.1. The lowest BCUT2D eigenvalue weighted by molar-refractivity contribution is -0.664. The Hall–Kier alpha value is -3.80. The maximum atomic E-state index is 2.48. The molecule has 1 aromatic heterocycles. The minimum Gasteiger partial charge on any atom is -0.377 e. The highest BCUT2D eigenvalue weighted by molar-refractivity contribution is 8.03. The van der Waals surface area contributed by atoms with Crippen LogP contribution in [0.4, 0.5) is 5.69 Å². The molecule has 0 N–H and O–H groups in total. The summed E-state index contributed by atoms with van der Waals surface area (Å²) >= 11 is 3.79. The van der Waals surface area contributed by atoms with E-state index in [1.54, 1.807) is 0 Å². The van der Waals surface area contributed by atoms with Crippen LogP contribution in [0.15, 0.2) is 118 Å². The maximum absolute atomic E-state index is 2.48. The minimum atomic E-state index is 0.954. The number of rotatable bonds is 6. The molecule has 0 bridgehead atoms. The number of thiazole rings is 1. The number of fused-ring (bicyclic) bond motifs is 6. The van der Waals surface area contributed by atoms with Crippen molar-refractivity contribution in [3.63, 3.8) is 0 Å². The average Bonchev–Trinajstić information content (AvgIpc) is 3.60. The lowest BCUT2D eigenvalue weighted by Gasteiger charge is -2.27. The summed E-state index contributed by atoms with van der Waals surface area (Å²) in [7, 11) is 4.38. The molecule has 2 aliphatic rings. The molecule has 0 fully saturated rings. The molecule has 0 atom stereocenters. The van der Waals surface area contributed by atoms with Crippen molar-refractivity contribution in [1.29, 1.82) is 0 Å². The van der Waals surface area contributed by atoms with E-state index in [0.29, 0.717) is 0 Å². The number of anilines is 1. The Bertz CT molecular complexity index is 1990. The first kappa shape index (κ1) is 28.0. The molecule has 0 unspecified atom stereocenters. The van der Waals surface area contributed by atoms with E-state index in [1.165, 1.54) is 75.6 Å². The highest BCUT2D eigenvalue weighted by atomic mass is 32.2. The smallest absolute Gasteiger partial charge is 0.262 e. The van der Waals surface area contributed by atoms with E-state index in [2.05, 4.69) is 139 Å². The summed E-state index contributed by atoms with van der Waals surface area (Å²) in [4.78, 5) is 6.15. The van der Waals surface area contributed by atoms with Crippen LogP contribution in [0.1, 0.15) is 38.1 Å². The maximum Gasteiger partial charge on any atom is 0.262 e. The van der Waals surface area contributed by atoms with Crippen LogP contribution in [0.2, 0.25) is 0 Å². The van der Waals surface area contributed by atoms with Gasteiger partial charge < -0.3 is 9.80 Å². The topological polar surface area (TPSA) is 10.4 Å². The van der Waals surface area contributed by atoms with Crippen molar-refractivity contribution in [2.24, 2.45) is 0 Å². The molecule has 5 heteroatoms. The van der Waals surface area contributed by atoms with Gasteiger partial charge in [-0.3, -0.25) is 0 Å². The highest BCUT2D eigenvalue weighted by Gasteiger charge is 2.26. The molecule has 2 heterocycles. The van der Waals surface area contributed by atoms with Crippen molar-refractivity contribution in [2.75, 3.05) is 25.5 Å². The summed E-state index contributed by atoms with van der Waals surface area (Å²) in [5, 5.41) is 7.90. The van der Waals surface area contributed by atoms with Gasteiger partial charge in [0.05, 0.1) is 16.1 Å². The molecule has 216 valence electrons. The predicted octanol–water partition coefficient (Wildman–Crippen LogP) is 9.93. The van der Waals surface area contributed by atoms with E-state index in [0.717, 1.165) is 25.9 Å². The first-order valence-corrected chi connectivity index (χ1v) is 17.0. The van der Waals surface area contributed by atoms with Crippen molar-refractivity contribution < 1.29 is 4.57 Å². The number of likely N-dealkylation sites (N-methyl/N-ethyl adjacent to an activating group) is 1. The van der Waals surface area contributed by atoms with Gasteiger partial charge >= 0.3 is 0 Å². The van der Waals surface area contributed by atoms with Crippen molar-refractivity contribution in [1.82, 2.24) is 4.90 Å². The third-order valence-corrected chi connectivity index (χ3v) is 10.9. The van der Waals surface area contributed by atoms with E-state index in [1.807, 2.05) is 23.1 Å². The first-order valence-electron chi connectivity index (χ1n) is 15.4. The molecule has 7 rings (SSSR count). The van der Waals surface area contributed by atoms with Gasteiger partial charge in [0.15, 0.2) is 0 Å². The number of hydrogen-bond donors (Lipinski definition) is 0. The minimum absolute atomic E-state index is 0.954. The molecular formula is C38H38N3S2+. The summed E-state index contributed by atoms with van der Waals surface area (Å²) in [6.45, 7) is 6.42. The molecule has 1 aliphatic carbocycles. The number of nitrogens with zero attached hydrogens (tertiary/aromatic N) is 3. The molecule has 0 amide bonds. The summed E-state index contributed by atoms with van der Waals surface area (Å²) < 4.78 is 3.83. The second-order valence-corrected chi connectivity index (χ2v) is 13.6. The average molecular weight is 601 g/mol. The molecule has 0 radical (unpaired) electrons. The Morgan fingerprint density at radius 3 is 2.35 bits per heavy atom. The van der Waals surface area contributed by atoms with Gasteiger partial charge in [0.25, 0.3) is 5.01 Å². The van der Waals surface area contributed by atoms with E-state index in [9.17, 15) is 0 Å². The summed E-state index contributed by atoms with van der Waals surface area (Å²) in [5.41, 5.74) is 6.92. The van der Waals surface area contributed by atoms with Crippen LogP contribution in [0.25, 0.3) is 37.8 Å². The van der Waals surface area contributed by atoms with Crippen LogP contribution in [0.5, 0.6) is 0 Å². The van der Waals surface area contributed by atoms with E-state index in [4.69, 9.17) is 0 Å². The fourth-order valence-electron chi connectivity index (χ4n) is 6.78. The second-order valence-electron chi connectivity index (χ2n) is 11.4. The van der Waals surface area contributed by atoms with Gasteiger partial charge in [0.2, 0.25) is 5.52 Å². The van der Waals surface area contributed by atoms with Crippen LogP contribution in [0.3, 0.4) is 0 Å². The predicted molar refractivity (Wildman–Crippen MR) is 188 cm³/mol. The van der Waals surface area contributed by atoms with E-state index in [-0.39, 0.29) is 0 Å². The summed E-state index contributed by atoms with van der Waals surface area (Å²) in [5.74, 6) is 0. The Morgan fingerprint density at radius 2 is 1.58 bits per heavy atom. The molecule has 1 aliphatic heterocycles. The largest absolute Gasteiger partial charge is 0.377 e. The molecule has 3 nitrogen and oxygen atoms in total. The first-order chi connectivity index (χ1) is 21.1. The van der Waals surface area contributed by atoms with Crippen LogP contribution in [-0.4, -0.2) is 25.5 Å². The van der Waals surface area contributed by atoms with E-state index < -0.39 is 0 Å². The molecule has 0 saturated carbocycles. The Balaban J connectivity index is 1.25. The van der Waals surface area contributed by atoms with Gasteiger partial charge in [-0.15, -0.1) is 0 Å². The zero-order chi connectivity index (χ0) is 29.5. The van der Waals surface area contributed by atoms with Crippen LogP contribution < -0.4 is 9.47 Å². The van der Waals surface area contributed by atoms with Gasteiger partial charge in [0, 0.05) is 42.7 Å². The quantitative estimate of drug-likeness (QED) is 0.180. The number of aromatic nitrogens is 1. The fourth-order valence-corrected chi connectivity index (χ4v) is 9.07. The van der Waals surface area contributed by atoms with Crippen molar-refractivity contribution in [3.05, 3.63) is 118 Å². The second kappa shape index (κ2) is 11.7. The van der Waals surface area contributed by atoms with Gasteiger partial charge in [-0.25, -0.2) is 0 Å². The van der Waals surface area contributed by atoms with Gasteiger partial charge in [-0.05, 0) is 85.4 Å². The lowest BCUT2D eigenvalue weighted by Crippen LogP contribution is -2.33. The molecule has 43 heavy (non-hydrogen) atoms. The monoisotopic (exact) mass is 600 g/mol. The van der Waals surface area contributed by atoms with Gasteiger partial charge in [-0.2, -0.15) is 4.57 Å². The number of hydrogen-bond acceptors (Lipinski definition) is 4. The van der Waals surface area contributed by atoms with Crippen molar-refractivity contribution >= 4 is 66.6 Å². The number of allylic oxidation sites excluding steroid dienone is 5. The third kappa shape index (κ3) is 4.99. The molecule has 4 aromatic carbocycles.